The fraction of sp³-hybridized carbons (Fsp3) is 0.438. The lowest BCUT2D eigenvalue weighted by atomic mass is 10.1. The Morgan fingerprint density at radius 3 is 2.35 bits per heavy atom. The summed E-state index contributed by atoms with van der Waals surface area (Å²) in [5.41, 5.74) is 1.85. The zero-order chi connectivity index (χ0) is 17.2. The van der Waals surface area contributed by atoms with E-state index >= 15 is 0 Å². The van der Waals surface area contributed by atoms with E-state index in [1.165, 1.54) is 11.8 Å². The van der Waals surface area contributed by atoms with Gasteiger partial charge in [0.15, 0.2) is 0 Å². The monoisotopic (exact) mass is 338 g/mol. The van der Waals surface area contributed by atoms with E-state index in [4.69, 9.17) is 5.11 Å². The van der Waals surface area contributed by atoms with Crippen molar-refractivity contribution >= 4 is 35.2 Å². The van der Waals surface area contributed by atoms with Gasteiger partial charge in [-0.1, -0.05) is 24.6 Å². The topological polar surface area (TPSA) is 95.5 Å². The predicted molar refractivity (Wildman–Crippen MR) is 91.6 cm³/mol. The molecule has 1 unspecified atom stereocenters. The van der Waals surface area contributed by atoms with Crippen molar-refractivity contribution in [2.75, 3.05) is 23.4 Å². The number of amides is 2. The van der Waals surface area contributed by atoms with Crippen LogP contribution in [0.25, 0.3) is 0 Å². The summed E-state index contributed by atoms with van der Waals surface area (Å²) >= 11 is 1.22. The highest BCUT2D eigenvalue weighted by molar-refractivity contribution is 8.00. The number of anilines is 1. The SMILES string of the molecule is Cc1ccc(NC(=O)CSCC(=O)NCC(C)CC(=O)O)cc1. The van der Waals surface area contributed by atoms with Crippen LogP contribution < -0.4 is 10.6 Å². The lowest BCUT2D eigenvalue weighted by molar-refractivity contribution is -0.138. The second-order valence-electron chi connectivity index (χ2n) is 5.41. The number of benzene rings is 1. The summed E-state index contributed by atoms with van der Waals surface area (Å²) in [4.78, 5) is 33.8. The third kappa shape index (κ3) is 8.87. The molecule has 2 amide bonds. The summed E-state index contributed by atoms with van der Waals surface area (Å²) in [6, 6.07) is 7.48. The van der Waals surface area contributed by atoms with Crippen LogP contribution in [0.1, 0.15) is 18.9 Å². The van der Waals surface area contributed by atoms with Gasteiger partial charge in [-0.3, -0.25) is 14.4 Å². The number of carbonyl (C=O) groups is 3. The minimum absolute atomic E-state index is 0.0202. The first-order valence-corrected chi connectivity index (χ1v) is 8.45. The van der Waals surface area contributed by atoms with Crippen LogP contribution >= 0.6 is 11.8 Å². The molecule has 1 aromatic rings. The third-order valence-electron chi connectivity index (χ3n) is 2.97. The Labute approximate surface area is 140 Å². The molecular formula is C16H22N2O4S. The molecule has 126 valence electrons. The van der Waals surface area contributed by atoms with Gasteiger partial charge in [0, 0.05) is 18.7 Å². The van der Waals surface area contributed by atoms with Gasteiger partial charge in [0.2, 0.25) is 11.8 Å². The molecule has 0 fully saturated rings. The van der Waals surface area contributed by atoms with Crippen LogP contribution in [0.2, 0.25) is 0 Å². The fourth-order valence-corrected chi connectivity index (χ4v) is 2.43. The molecule has 0 aliphatic heterocycles. The molecule has 0 spiro atoms. The van der Waals surface area contributed by atoms with Gasteiger partial charge in [-0.15, -0.1) is 11.8 Å². The minimum atomic E-state index is -0.881. The zero-order valence-electron chi connectivity index (χ0n) is 13.3. The maximum Gasteiger partial charge on any atom is 0.303 e. The molecule has 0 heterocycles. The molecule has 6 nitrogen and oxygen atoms in total. The Kier molecular flexibility index (Phi) is 8.18. The number of aliphatic carboxylic acids is 1. The number of carbonyl (C=O) groups excluding carboxylic acids is 2. The van der Waals surface area contributed by atoms with E-state index in [2.05, 4.69) is 10.6 Å². The normalized spacial score (nSPS) is 11.6. The molecule has 0 aromatic heterocycles. The first-order chi connectivity index (χ1) is 10.9. The highest BCUT2D eigenvalue weighted by Crippen LogP contribution is 2.09. The predicted octanol–water partition coefficient (Wildman–Crippen LogP) is 1.89. The van der Waals surface area contributed by atoms with Crippen molar-refractivity contribution in [3.8, 4) is 0 Å². The van der Waals surface area contributed by atoms with E-state index in [1.54, 1.807) is 6.92 Å². The van der Waals surface area contributed by atoms with Gasteiger partial charge in [0.1, 0.15) is 0 Å². The summed E-state index contributed by atoms with van der Waals surface area (Å²) in [6.07, 6.45) is 0.0202. The molecule has 1 atom stereocenters. The Morgan fingerprint density at radius 2 is 1.74 bits per heavy atom. The first-order valence-electron chi connectivity index (χ1n) is 7.29. The second-order valence-corrected chi connectivity index (χ2v) is 6.40. The largest absolute Gasteiger partial charge is 0.481 e. The van der Waals surface area contributed by atoms with E-state index in [1.807, 2.05) is 31.2 Å². The Morgan fingerprint density at radius 1 is 1.13 bits per heavy atom. The first kappa shape index (κ1) is 19.0. The van der Waals surface area contributed by atoms with Crippen LogP contribution in [0.15, 0.2) is 24.3 Å². The standard InChI is InChI=1S/C16H22N2O4S/c1-11-3-5-13(6-4-11)18-15(20)10-23-9-14(19)17-8-12(2)7-16(21)22/h3-6,12H,7-10H2,1-2H3,(H,17,19)(H,18,20)(H,21,22). The van der Waals surface area contributed by atoms with E-state index in [0.717, 1.165) is 11.3 Å². The smallest absolute Gasteiger partial charge is 0.303 e. The molecular weight excluding hydrogens is 316 g/mol. The van der Waals surface area contributed by atoms with Crippen LogP contribution in [-0.4, -0.2) is 40.9 Å². The van der Waals surface area contributed by atoms with Crippen molar-refractivity contribution in [3.63, 3.8) is 0 Å². The van der Waals surface area contributed by atoms with Gasteiger partial charge < -0.3 is 15.7 Å². The van der Waals surface area contributed by atoms with Crippen molar-refractivity contribution in [1.29, 1.82) is 0 Å². The molecule has 7 heteroatoms. The van der Waals surface area contributed by atoms with Crippen LogP contribution in [0.3, 0.4) is 0 Å². The van der Waals surface area contributed by atoms with Crippen molar-refractivity contribution in [3.05, 3.63) is 29.8 Å². The van der Waals surface area contributed by atoms with Gasteiger partial charge in [0.25, 0.3) is 0 Å². The Balaban J connectivity index is 2.17. The summed E-state index contributed by atoms with van der Waals surface area (Å²) in [7, 11) is 0. The van der Waals surface area contributed by atoms with Crippen LogP contribution in [-0.2, 0) is 14.4 Å². The molecule has 0 saturated carbocycles. The maximum absolute atomic E-state index is 11.7. The lowest BCUT2D eigenvalue weighted by Crippen LogP contribution is -2.31. The molecule has 1 rings (SSSR count). The van der Waals surface area contributed by atoms with Crippen LogP contribution in [0.5, 0.6) is 0 Å². The number of hydrogen-bond acceptors (Lipinski definition) is 4. The molecule has 0 radical (unpaired) electrons. The van der Waals surface area contributed by atoms with E-state index in [9.17, 15) is 14.4 Å². The Bertz CT molecular complexity index is 546. The number of carboxylic acid groups (broad SMARTS) is 1. The number of thioether (sulfide) groups is 1. The minimum Gasteiger partial charge on any atom is -0.481 e. The van der Waals surface area contributed by atoms with Gasteiger partial charge in [0.05, 0.1) is 11.5 Å². The number of rotatable bonds is 9. The van der Waals surface area contributed by atoms with Crippen molar-refractivity contribution in [2.24, 2.45) is 5.92 Å². The van der Waals surface area contributed by atoms with Crippen LogP contribution in [0, 0.1) is 12.8 Å². The number of aryl methyl sites for hydroxylation is 1. The number of carboxylic acids is 1. The average molecular weight is 338 g/mol. The third-order valence-corrected chi connectivity index (χ3v) is 3.91. The summed E-state index contributed by atoms with van der Waals surface area (Å²) in [5, 5.41) is 14.0. The van der Waals surface area contributed by atoms with E-state index in [0.29, 0.717) is 6.54 Å². The number of hydrogen-bond donors (Lipinski definition) is 3. The fourth-order valence-electron chi connectivity index (χ4n) is 1.78. The summed E-state index contributed by atoms with van der Waals surface area (Å²) < 4.78 is 0. The highest BCUT2D eigenvalue weighted by Gasteiger charge is 2.10. The average Bonchev–Trinajstić information content (AvgIpc) is 2.47. The molecule has 1 aromatic carbocycles. The zero-order valence-corrected chi connectivity index (χ0v) is 14.1. The number of nitrogens with one attached hydrogen (secondary N) is 2. The lowest BCUT2D eigenvalue weighted by Gasteiger charge is -2.10. The molecule has 0 aliphatic carbocycles. The van der Waals surface area contributed by atoms with Gasteiger partial charge in [-0.25, -0.2) is 0 Å². The molecule has 0 bridgehead atoms. The molecule has 0 saturated heterocycles. The highest BCUT2D eigenvalue weighted by atomic mass is 32.2. The Hall–Kier alpha value is -2.02. The maximum atomic E-state index is 11.7. The molecule has 0 aliphatic rings. The van der Waals surface area contributed by atoms with Crippen molar-refractivity contribution in [2.45, 2.75) is 20.3 Å². The van der Waals surface area contributed by atoms with Crippen LogP contribution in [0.4, 0.5) is 5.69 Å². The van der Waals surface area contributed by atoms with Gasteiger partial charge in [-0.2, -0.15) is 0 Å². The quantitative estimate of drug-likeness (QED) is 0.639. The van der Waals surface area contributed by atoms with Gasteiger partial charge >= 0.3 is 5.97 Å². The van der Waals surface area contributed by atoms with Crippen molar-refractivity contribution < 1.29 is 19.5 Å². The molecule has 3 N–H and O–H groups in total. The summed E-state index contributed by atoms with van der Waals surface area (Å²) in [5.74, 6) is -1.01. The summed E-state index contributed by atoms with van der Waals surface area (Å²) in [6.45, 7) is 4.05. The molecule has 23 heavy (non-hydrogen) atoms. The van der Waals surface area contributed by atoms with E-state index < -0.39 is 5.97 Å². The van der Waals surface area contributed by atoms with Gasteiger partial charge in [-0.05, 0) is 25.0 Å². The van der Waals surface area contributed by atoms with Crippen molar-refractivity contribution in [1.82, 2.24) is 5.32 Å². The van der Waals surface area contributed by atoms with E-state index in [-0.39, 0.29) is 35.7 Å². The second kappa shape index (κ2) is 9.89.